The zero-order chi connectivity index (χ0) is 23.6. The van der Waals surface area contributed by atoms with E-state index in [1.807, 2.05) is 30.3 Å². The van der Waals surface area contributed by atoms with Crippen LogP contribution in [0.1, 0.15) is 23.1 Å². The summed E-state index contributed by atoms with van der Waals surface area (Å²) >= 11 is 0. The highest BCUT2D eigenvalue weighted by molar-refractivity contribution is 7.89. The Hall–Kier alpha value is -3.43. The molecule has 0 spiro atoms. The van der Waals surface area contributed by atoms with Crippen molar-refractivity contribution in [2.24, 2.45) is 5.73 Å². The van der Waals surface area contributed by atoms with Gasteiger partial charge in [-0.1, -0.05) is 36.4 Å². The maximum Gasteiger partial charge on any atom is 0.241 e. The number of amides is 1. The summed E-state index contributed by atoms with van der Waals surface area (Å²) in [7, 11) is -1.85. The Balaban J connectivity index is 1.41. The molecule has 0 radical (unpaired) electrons. The Morgan fingerprint density at radius 1 is 1.21 bits per heavy atom. The quantitative estimate of drug-likeness (QED) is 0.426. The summed E-state index contributed by atoms with van der Waals surface area (Å²) in [5.41, 5.74) is 8.95. The van der Waals surface area contributed by atoms with Crippen molar-refractivity contribution in [2.45, 2.75) is 23.9 Å². The number of benzene rings is 2. The van der Waals surface area contributed by atoms with E-state index in [2.05, 4.69) is 10.8 Å². The lowest BCUT2D eigenvalue weighted by molar-refractivity contribution is -0.129. The van der Waals surface area contributed by atoms with E-state index in [9.17, 15) is 13.2 Å². The van der Waals surface area contributed by atoms with E-state index in [0.717, 1.165) is 23.2 Å². The standard InChI is InChI=1S/C24H27N5O3S/c1-28-12-9-19(10-13-28)18-5-7-21(8-6-18)33(31,32)27-22-11-14-29(24(22)30)16-17-3-2-4-20(15-17)23(25)26/h2-10,12,15,22,27H,11,13-14,16H2,1H3,(H3,25,26)/t22-/m0/s1. The van der Waals surface area contributed by atoms with Crippen LogP contribution in [-0.2, 0) is 21.4 Å². The third kappa shape index (κ3) is 5.15. The van der Waals surface area contributed by atoms with E-state index in [-0.39, 0.29) is 16.6 Å². The van der Waals surface area contributed by atoms with Crippen LogP contribution in [0.25, 0.3) is 5.57 Å². The molecule has 1 fully saturated rings. The van der Waals surface area contributed by atoms with Crippen LogP contribution in [-0.4, -0.2) is 56.1 Å². The molecule has 172 valence electrons. The summed E-state index contributed by atoms with van der Waals surface area (Å²) in [6, 6.07) is 13.0. The largest absolute Gasteiger partial charge is 0.384 e. The topological polar surface area (TPSA) is 120 Å². The molecule has 0 saturated carbocycles. The minimum absolute atomic E-state index is 0.0376. The number of hydrogen-bond acceptors (Lipinski definition) is 5. The van der Waals surface area contributed by atoms with Crippen molar-refractivity contribution in [3.05, 3.63) is 83.6 Å². The minimum Gasteiger partial charge on any atom is -0.384 e. The van der Waals surface area contributed by atoms with Crippen LogP contribution in [0, 0.1) is 5.41 Å². The molecular weight excluding hydrogens is 438 g/mol. The van der Waals surface area contributed by atoms with Crippen LogP contribution in [0.5, 0.6) is 0 Å². The first-order valence-corrected chi connectivity index (χ1v) is 12.1. The van der Waals surface area contributed by atoms with Crippen molar-refractivity contribution in [3.8, 4) is 0 Å². The number of carbonyl (C=O) groups is 1. The predicted octanol–water partition coefficient (Wildman–Crippen LogP) is 1.89. The first-order chi connectivity index (χ1) is 15.7. The molecule has 1 saturated heterocycles. The van der Waals surface area contributed by atoms with Crippen molar-refractivity contribution in [3.63, 3.8) is 0 Å². The fourth-order valence-corrected chi connectivity index (χ4v) is 5.16. The molecule has 33 heavy (non-hydrogen) atoms. The molecule has 9 heteroatoms. The average molecular weight is 466 g/mol. The monoisotopic (exact) mass is 465 g/mol. The van der Waals surface area contributed by atoms with Crippen molar-refractivity contribution in [1.29, 1.82) is 5.41 Å². The molecule has 2 aliphatic heterocycles. The molecule has 8 nitrogen and oxygen atoms in total. The average Bonchev–Trinajstić information content (AvgIpc) is 3.13. The van der Waals surface area contributed by atoms with E-state index in [0.29, 0.717) is 25.1 Å². The van der Waals surface area contributed by atoms with Gasteiger partial charge >= 0.3 is 0 Å². The van der Waals surface area contributed by atoms with Gasteiger partial charge < -0.3 is 15.5 Å². The van der Waals surface area contributed by atoms with E-state index < -0.39 is 16.1 Å². The summed E-state index contributed by atoms with van der Waals surface area (Å²) in [6.07, 6.45) is 6.45. The number of likely N-dealkylation sites (N-methyl/N-ethyl adjacent to an activating group) is 1. The number of nitrogens with zero attached hydrogens (tertiary/aromatic N) is 2. The highest BCUT2D eigenvalue weighted by Crippen LogP contribution is 2.22. The number of nitrogens with two attached hydrogens (primary N) is 1. The normalized spacial score (nSPS) is 18.5. The summed E-state index contributed by atoms with van der Waals surface area (Å²) in [4.78, 5) is 16.6. The summed E-state index contributed by atoms with van der Waals surface area (Å²) in [5, 5.41) is 7.56. The molecule has 2 aliphatic rings. The second kappa shape index (κ2) is 9.21. The second-order valence-corrected chi connectivity index (χ2v) is 9.99. The number of carbonyl (C=O) groups excluding carboxylic acids is 1. The molecule has 4 N–H and O–H groups in total. The van der Waals surface area contributed by atoms with Gasteiger partial charge in [0.15, 0.2) is 0 Å². The number of sulfonamides is 1. The Labute approximate surface area is 193 Å². The van der Waals surface area contributed by atoms with Crippen LogP contribution >= 0.6 is 0 Å². The van der Waals surface area contributed by atoms with Gasteiger partial charge in [0.1, 0.15) is 11.9 Å². The third-order valence-corrected chi connectivity index (χ3v) is 7.30. The van der Waals surface area contributed by atoms with Gasteiger partial charge in [0.25, 0.3) is 0 Å². The number of hydrogen-bond donors (Lipinski definition) is 3. The number of nitrogen functional groups attached to an aromatic ring is 1. The Morgan fingerprint density at radius 2 is 1.97 bits per heavy atom. The van der Waals surface area contributed by atoms with Gasteiger partial charge in [-0.05, 0) is 53.6 Å². The molecule has 0 unspecified atom stereocenters. The molecule has 1 atom stereocenters. The summed E-state index contributed by atoms with van der Waals surface area (Å²) < 4.78 is 28.4. The second-order valence-electron chi connectivity index (χ2n) is 8.28. The van der Waals surface area contributed by atoms with E-state index in [1.54, 1.807) is 47.4 Å². The molecule has 0 bridgehead atoms. The molecule has 2 aromatic rings. The number of likely N-dealkylation sites (tertiary alicyclic amines) is 1. The van der Waals surface area contributed by atoms with E-state index in [1.165, 1.54) is 0 Å². The number of rotatable bonds is 7. The van der Waals surface area contributed by atoms with E-state index in [4.69, 9.17) is 11.1 Å². The predicted molar refractivity (Wildman–Crippen MR) is 128 cm³/mol. The van der Waals surface area contributed by atoms with Gasteiger partial charge in [-0.15, -0.1) is 0 Å². The lowest BCUT2D eigenvalue weighted by Crippen LogP contribution is -2.41. The van der Waals surface area contributed by atoms with Gasteiger partial charge in [-0.2, -0.15) is 4.72 Å². The van der Waals surface area contributed by atoms with E-state index >= 15 is 0 Å². The van der Waals surface area contributed by atoms with Crippen LogP contribution in [0.15, 0.2) is 71.8 Å². The smallest absolute Gasteiger partial charge is 0.241 e. The fraction of sp³-hybridized carbons (Fsp3) is 0.250. The van der Waals surface area contributed by atoms with Gasteiger partial charge in [-0.3, -0.25) is 10.2 Å². The summed E-state index contributed by atoms with van der Waals surface area (Å²) in [5.74, 6) is -0.297. The zero-order valence-corrected chi connectivity index (χ0v) is 19.2. The maximum atomic E-state index is 12.9. The lowest BCUT2D eigenvalue weighted by Gasteiger charge is -2.18. The molecule has 2 heterocycles. The van der Waals surface area contributed by atoms with Gasteiger partial charge in [0.05, 0.1) is 4.90 Å². The molecule has 0 aliphatic carbocycles. The number of nitrogens with one attached hydrogen (secondary N) is 2. The highest BCUT2D eigenvalue weighted by atomic mass is 32.2. The van der Waals surface area contributed by atoms with Crippen LogP contribution in [0.2, 0.25) is 0 Å². The molecule has 2 aromatic carbocycles. The third-order valence-electron chi connectivity index (χ3n) is 5.81. The van der Waals surface area contributed by atoms with Gasteiger partial charge in [-0.25, -0.2) is 8.42 Å². The Bertz CT molecular complexity index is 1240. The number of allylic oxidation sites excluding steroid dienone is 2. The lowest BCUT2D eigenvalue weighted by atomic mass is 10.0. The van der Waals surface area contributed by atoms with Crippen molar-refractivity contribution in [2.75, 3.05) is 20.1 Å². The van der Waals surface area contributed by atoms with Gasteiger partial charge in [0, 0.05) is 32.2 Å². The van der Waals surface area contributed by atoms with Crippen molar-refractivity contribution >= 4 is 27.3 Å². The first kappa shape index (κ1) is 22.8. The highest BCUT2D eigenvalue weighted by Gasteiger charge is 2.34. The van der Waals surface area contributed by atoms with Crippen LogP contribution in [0.4, 0.5) is 0 Å². The molecule has 0 aromatic heterocycles. The van der Waals surface area contributed by atoms with Crippen molar-refractivity contribution < 1.29 is 13.2 Å². The SMILES string of the molecule is CN1C=CC(c2ccc(S(=O)(=O)N[C@H]3CCN(Cc4cccc(C(=N)N)c4)C3=O)cc2)=CC1. The molecular formula is C24H27N5O3S. The summed E-state index contributed by atoms with van der Waals surface area (Å²) in [6.45, 7) is 1.58. The number of amidine groups is 1. The van der Waals surface area contributed by atoms with Crippen LogP contribution in [0.3, 0.4) is 0 Å². The van der Waals surface area contributed by atoms with Gasteiger partial charge in [0.2, 0.25) is 15.9 Å². The van der Waals surface area contributed by atoms with Crippen LogP contribution < -0.4 is 10.5 Å². The molecule has 1 amide bonds. The fourth-order valence-electron chi connectivity index (χ4n) is 3.94. The maximum absolute atomic E-state index is 12.9. The Kier molecular flexibility index (Phi) is 6.35. The van der Waals surface area contributed by atoms with Crippen molar-refractivity contribution in [1.82, 2.24) is 14.5 Å². The Morgan fingerprint density at radius 3 is 2.64 bits per heavy atom. The minimum atomic E-state index is -3.83. The molecule has 4 rings (SSSR count). The first-order valence-electron chi connectivity index (χ1n) is 10.7. The zero-order valence-electron chi connectivity index (χ0n) is 18.4.